The van der Waals surface area contributed by atoms with Gasteiger partial charge < -0.3 is 24.4 Å². The number of likely N-dealkylation sites (tertiary alicyclic amines) is 1. The van der Waals surface area contributed by atoms with Crippen LogP contribution in [-0.4, -0.2) is 73.9 Å². The lowest BCUT2D eigenvalue weighted by molar-refractivity contribution is 0.0579. The number of amides is 1. The molecule has 2 heterocycles. The molecule has 0 aromatic heterocycles. The van der Waals surface area contributed by atoms with Gasteiger partial charge in [0.05, 0.1) is 20.3 Å². The fraction of sp³-hybridized carbons (Fsp3) is 0.433. The summed E-state index contributed by atoms with van der Waals surface area (Å²) in [6.45, 7) is 4.05. The summed E-state index contributed by atoms with van der Waals surface area (Å²) in [5, 5.41) is 13.4. The summed E-state index contributed by atoms with van der Waals surface area (Å²) in [6, 6.07) is 18.4. The van der Waals surface area contributed by atoms with Crippen molar-refractivity contribution in [3.63, 3.8) is 0 Å². The molecule has 2 atom stereocenters. The minimum absolute atomic E-state index is 0.0744. The summed E-state index contributed by atoms with van der Waals surface area (Å²) in [6.07, 6.45) is 3.26. The number of carbonyl (C=O) groups is 1. The van der Waals surface area contributed by atoms with Gasteiger partial charge in [0.15, 0.2) is 11.5 Å². The normalized spacial score (nSPS) is 19.2. The molecule has 1 saturated heterocycles. The number of ether oxygens (including phenoxy) is 2. The Morgan fingerprint density at radius 1 is 1.03 bits per heavy atom. The van der Waals surface area contributed by atoms with E-state index in [0.717, 1.165) is 56.6 Å². The van der Waals surface area contributed by atoms with Crippen LogP contribution in [0.5, 0.6) is 11.5 Å². The Bertz CT molecular complexity index is 1220. The molecule has 1 fully saturated rings. The average molecular weight is 489 g/mol. The third kappa shape index (κ3) is 5.20. The minimum atomic E-state index is -0.416. The zero-order valence-corrected chi connectivity index (χ0v) is 21.3. The molecular weight excluding hydrogens is 452 g/mol. The monoisotopic (exact) mass is 488 g/mol. The van der Waals surface area contributed by atoms with E-state index in [-0.39, 0.29) is 5.91 Å². The fourth-order valence-corrected chi connectivity index (χ4v) is 5.89. The standard InChI is InChI=1S/C30H36N2O4/c1-35-28-16-24-12-14-32(30(34)27(24)17-29(28)36-2)19-21-7-6-13-31(18-21)20-25(33)15-23-10-5-9-22-8-3-4-11-26(22)23/h3-5,8-11,16-17,21,25,33H,6-7,12-15,18-20H2,1-2H3. The zero-order valence-electron chi connectivity index (χ0n) is 21.3. The molecule has 1 amide bonds. The molecule has 3 aromatic carbocycles. The first kappa shape index (κ1) is 24.6. The Balaban J connectivity index is 1.19. The number of nitrogens with zero attached hydrogens (tertiary/aromatic N) is 2. The molecule has 6 nitrogen and oxygen atoms in total. The van der Waals surface area contributed by atoms with E-state index in [0.29, 0.717) is 30.4 Å². The molecule has 36 heavy (non-hydrogen) atoms. The van der Waals surface area contributed by atoms with Crippen molar-refractivity contribution in [2.24, 2.45) is 5.92 Å². The van der Waals surface area contributed by atoms with Crippen molar-refractivity contribution in [2.75, 3.05) is 46.9 Å². The van der Waals surface area contributed by atoms with Crippen LogP contribution in [0.25, 0.3) is 10.8 Å². The molecule has 2 aliphatic heterocycles. The quantitative estimate of drug-likeness (QED) is 0.516. The van der Waals surface area contributed by atoms with Gasteiger partial charge in [-0.05, 0) is 65.8 Å². The van der Waals surface area contributed by atoms with Crippen molar-refractivity contribution in [2.45, 2.75) is 31.8 Å². The van der Waals surface area contributed by atoms with E-state index in [2.05, 4.69) is 47.4 Å². The van der Waals surface area contributed by atoms with Crippen LogP contribution in [0.1, 0.15) is 34.3 Å². The number of piperidine rings is 1. The van der Waals surface area contributed by atoms with Gasteiger partial charge in [0.1, 0.15) is 0 Å². The summed E-state index contributed by atoms with van der Waals surface area (Å²) < 4.78 is 10.8. The van der Waals surface area contributed by atoms with Crippen molar-refractivity contribution in [1.82, 2.24) is 9.80 Å². The van der Waals surface area contributed by atoms with Crippen molar-refractivity contribution in [1.29, 1.82) is 0 Å². The van der Waals surface area contributed by atoms with Crippen LogP contribution in [0.3, 0.4) is 0 Å². The van der Waals surface area contributed by atoms with Crippen LogP contribution in [0, 0.1) is 5.92 Å². The third-order valence-electron chi connectivity index (χ3n) is 7.66. The molecule has 3 aromatic rings. The maximum Gasteiger partial charge on any atom is 0.254 e. The molecule has 5 rings (SSSR count). The highest BCUT2D eigenvalue weighted by Crippen LogP contribution is 2.34. The number of carbonyl (C=O) groups excluding carboxylic acids is 1. The Kier molecular flexibility index (Phi) is 7.44. The lowest BCUT2D eigenvalue weighted by Crippen LogP contribution is -2.46. The Hall–Kier alpha value is -3.09. The lowest BCUT2D eigenvalue weighted by atomic mass is 9.93. The Morgan fingerprint density at radius 3 is 2.64 bits per heavy atom. The lowest BCUT2D eigenvalue weighted by Gasteiger charge is -2.38. The van der Waals surface area contributed by atoms with E-state index in [1.165, 1.54) is 16.3 Å². The van der Waals surface area contributed by atoms with Crippen molar-refractivity contribution in [3.05, 3.63) is 71.3 Å². The van der Waals surface area contributed by atoms with Crippen LogP contribution in [0.2, 0.25) is 0 Å². The summed E-state index contributed by atoms with van der Waals surface area (Å²) in [5.41, 5.74) is 2.94. The topological polar surface area (TPSA) is 62.2 Å². The van der Waals surface area contributed by atoms with Gasteiger partial charge in [-0.15, -0.1) is 0 Å². The van der Waals surface area contributed by atoms with Crippen LogP contribution >= 0.6 is 0 Å². The number of aliphatic hydroxyl groups excluding tert-OH is 1. The van der Waals surface area contributed by atoms with Gasteiger partial charge in [0.2, 0.25) is 0 Å². The van der Waals surface area contributed by atoms with E-state index >= 15 is 0 Å². The van der Waals surface area contributed by atoms with Gasteiger partial charge in [-0.2, -0.15) is 0 Å². The second-order valence-corrected chi connectivity index (χ2v) is 10.1. The summed E-state index contributed by atoms with van der Waals surface area (Å²) in [5.74, 6) is 1.75. The number of hydrogen-bond donors (Lipinski definition) is 1. The zero-order chi connectivity index (χ0) is 25.1. The van der Waals surface area contributed by atoms with Crippen LogP contribution in [-0.2, 0) is 12.8 Å². The molecule has 2 unspecified atom stereocenters. The molecule has 2 aliphatic rings. The molecule has 0 saturated carbocycles. The number of β-amino-alcohol motifs (C(OH)–C–C–N with tert-alkyl or cyclic N) is 1. The van der Waals surface area contributed by atoms with Gasteiger partial charge in [0.25, 0.3) is 5.91 Å². The number of hydrogen-bond acceptors (Lipinski definition) is 5. The minimum Gasteiger partial charge on any atom is -0.493 e. The molecule has 0 spiro atoms. The molecule has 0 bridgehead atoms. The predicted molar refractivity (Wildman–Crippen MR) is 142 cm³/mol. The van der Waals surface area contributed by atoms with Crippen molar-refractivity contribution < 1.29 is 19.4 Å². The van der Waals surface area contributed by atoms with Gasteiger partial charge >= 0.3 is 0 Å². The smallest absolute Gasteiger partial charge is 0.254 e. The number of aliphatic hydroxyl groups is 1. The number of benzene rings is 3. The van der Waals surface area contributed by atoms with Crippen molar-refractivity contribution in [3.8, 4) is 11.5 Å². The summed E-state index contributed by atoms with van der Waals surface area (Å²) in [4.78, 5) is 17.7. The largest absolute Gasteiger partial charge is 0.493 e. The molecule has 1 N–H and O–H groups in total. The molecule has 6 heteroatoms. The van der Waals surface area contributed by atoms with E-state index in [4.69, 9.17) is 9.47 Å². The highest BCUT2D eigenvalue weighted by Gasteiger charge is 2.30. The van der Waals surface area contributed by atoms with Crippen molar-refractivity contribution >= 4 is 16.7 Å². The fourth-order valence-electron chi connectivity index (χ4n) is 5.89. The van der Waals surface area contributed by atoms with E-state index in [9.17, 15) is 9.90 Å². The molecule has 0 aliphatic carbocycles. The molecule has 190 valence electrons. The second-order valence-electron chi connectivity index (χ2n) is 10.1. The van der Waals surface area contributed by atoms with Gasteiger partial charge in [-0.25, -0.2) is 0 Å². The first-order valence-electron chi connectivity index (χ1n) is 13.0. The van der Waals surface area contributed by atoms with Crippen LogP contribution < -0.4 is 9.47 Å². The van der Waals surface area contributed by atoms with Gasteiger partial charge in [0, 0.05) is 38.2 Å². The summed E-state index contributed by atoms with van der Waals surface area (Å²) in [7, 11) is 3.22. The second kappa shape index (κ2) is 10.9. The predicted octanol–water partition coefficient (Wildman–Crippen LogP) is 4.17. The Morgan fingerprint density at radius 2 is 1.81 bits per heavy atom. The van der Waals surface area contributed by atoms with E-state index in [1.54, 1.807) is 14.2 Å². The first-order chi connectivity index (χ1) is 17.6. The molecule has 0 radical (unpaired) electrons. The average Bonchev–Trinajstić information content (AvgIpc) is 2.90. The van der Waals surface area contributed by atoms with Gasteiger partial charge in [-0.1, -0.05) is 42.5 Å². The first-order valence-corrected chi connectivity index (χ1v) is 13.0. The third-order valence-corrected chi connectivity index (χ3v) is 7.66. The highest BCUT2D eigenvalue weighted by molar-refractivity contribution is 5.97. The SMILES string of the molecule is COc1cc2c(cc1OC)C(=O)N(CC1CCCN(CC(O)Cc3cccc4ccccc34)C1)CC2. The maximum absolute atomic E-state index is 13.3. The highest BCUT2D eigenvalue weighted by atomic mass is 16.5. The van der Waals surface area contributed by atoms with E-state index in [1.807, 2.05) is 17.0 Å². The molecular formula is C30H36N2O4. The van der Waals surface area contributed by atoms with E-state index < -0.39 is 6.10 Å². The van der Waals surface area contributed by atoms with Gasteiger partial charge in [-0.3, -0.25) is 4.79 Å². The van der Waals surface area contributed by atoms with Crippen LogP contribution in [0.4, 0.5) is 0 Å². The number of fused-ring (bicyclic) bond motifs is 2. The number of methoxy groups -OCH3 is 2. The Labute approximate surface area is 213 Å². The number of rotatable bonds is 8. The summed E-state index contributed by atoms with van der Waals surface area (Å²) >= 11 is 0. The maximum atomic E-state index is 13.3. The van der Waals surface area contributed by atoms with Crippen LogP contribution in [0.15, 0.2) is 54.6 Å².